The maximum absolute atomic E-state index is 12.0. The molecule has 5 nitrogen and oxygen atoms in total. The van der Waals surface area contributed by atoms with Gasteiger partial charge in [0.1, 0.15) is 0 Å². The second-order valence-corrected chi connectivity index (χ2v) is 4.34. The number of likely N-dealkylation sites (tertiary alicyclic amines) is 1. The number of methoxy groups -OCH3 is 2. The first-order valence-corrected chi connectivity index (χ1v) is 6.36. The fraction of sp³-hybridized carbons (Fsp3) is 0.571. The third-order valence-electron chi connectivity index (χ3n) is 3.30. The molecule has 0 bridgehead atoms. The van der Waals surface area contributed by atoms with Gasteiger partial charge in [0.15, 0.2) is 0 Å². The van der Waals surface area contributed by atoms with Gasteiger partial charge in [0.25, 0.3) is 0 Å². The molecule has 19 heavy (non-hydrogen) atoms. The molecule has 0 aromatic heterocycles. The molecule has 1 rings (SSSR count). The van der Waals surface area contributed by atoms with Crippen LogP contribution in [0, 0.1) is 0 Å². The number of hydrogen-bond donors (Lipinski definition) is 0. The molecule has 1 fully saturated rings. The molecule has 1 heterocycles. The van der Waals surface area contributed by atoms with E-state index in [1.807, 2.05) is 6.92 Å². The highest BCUT2D eigenvalue weighted by Crippen LogP contribution is 2.23. The Morgan fingerprint density at radius 1 is 1.05 bits per heavy atom. The molecule has 0 amide bonds. The highest BCUT2D eigenvalue weighted by molar-refractivity contribution is 6.07. The van der Waals surface area contributed by atoms with Crippen LogP contribution in [0.1, 0.15) is 26.7 Å². The maximum Gasteiger partial charge on any atom is 0.340 e. The average Bonchev–Trinajstić information content (AvgIpc) is 2.96. The van der Waals surface area contributed by atoms with Crippen LogP contribution in [-0.4, -0.2) is 44.1 Å². The van der Waals surface area contributed by atoms with Crippen molar-refractivity contribution in [2.45, 2.75) is 26.7 Å². The number of esters is 2. The second-order valence-electron chi connectivity index (χ2n) is 4.34. The van der Waals surface area contributed by atoms with E-state index in [0.717, 1.165) is 31.6 Å². The summed E-state index contributed by atoms with van der Waals surface area (Å²) in [6, 6.07) is 0. The van der Waals surface area contributed by atoms with Crippen LogP contribution in [0.5, 0.6) is 0 Å². The predicted octanol–water partition coefficient (Wildman–Crippen LogP) is 1.65. The number of carbonyl (C=O) groups is 2. The summed E-state index contributed by atoms with van der Waals surface area (Å²) in [5, 5.41) is 0. The number of carbonyl (C=O) groups excluding carboxylic acids is 2. The summed E-state index contributed by atoms with van der Waals surface area (Å²) < 4.78 is 9.52. The van der Waals surface area contributed by atoms with Gasteiger partial charge in [-0.2, -0.15) is 0 Å². The van der Waals surface area contributed by atoms with E-state index in [0.29, 0.717) is 5.57 Å². The first kappa shape index (κ1) is 15.3. The van der Waals surface area contributed by atoms with Gasteiger partial charge in [0.2, 0.25) is 0 Å². The quantitative estimate of drug-likeness (QED) is 0.440. The van der Waals surface area contributed by atoms with E-state index in [9.17, 15) is 9.59 Å². The van der Waals surface area contributed by atoms with Crippen molar-refractivity contribution in [2.24, 2.45) is 0 Å². The van der Waals surface area contributed by atoms with Crippen molar-refractivity contribution < 1.29 is 19.1 Å². The van der Waals surface area contributed by atoms with Gasteiger partial charge in [-0.1, -0.05) is 6.08 Å². The van der Waals surface area contributed by atoms with E-state index in [4.69, 9.17) is 9.47 Å². The number of rotatable bonds is 4. The van der Waals surface area contributed by atoms with Crippen molar-refractivity contribution >= 4 is 11.9 Å². The minimum atomic E-state index is -0.526. The zero-order chi connectivity index (χ0) is 14.4. The third-order valence-corrected chi connectivity index (χ3v) is 3.30. The average molecular weight is 267 g/mol. The van der Waals surface area contributed by atoms with Crippen LogP contribution >= 0.6 is 0 Å². The Hall–Kier alpha value is -1.78. The van der Waals surface area contributed by atoms with Gasteiger partial charge in [0.05, 0.1) is 25.4 Å². The summed E-state index contributed by atoms with van der Waals surface area (Å²) in [7, 11) is 2.61. The lowest BCUT2D eigenvalue weighted by Crippen LogP contribution is -2.24. The monoisotopic (exact) mass is 267 g/mol. The highest BCUT2D eigenvalue weighted by atomic mass is 16.5. The summed E-state index contributed by atoms with van der Waals surface area (Å²) in [5.74, 6) is -1.04. The molecular formula is C14H21NO4. The molecule has 106 valence electrons. The van der Waals surface area contributed by atoms with E-state index in [2.05, 4.69) is 4.90 Å². The molecule has 0 aromatic rings. The Kier molecular flexibility index (Phi) is 5.60. The molecule has 1 aliphatic heterocycles. The molecule has 0 aromatic carbocycles. The summed E-state index contributed by atoms with van der Waals surface area (Å²) in [4.78, 5) is 25.8. The summed E-state index contributed by atoms with van der Waals surface area (Å²) in [6.07, 6.45) is 3.77. The Morgan fingerprint density at radius 2 is 1.58 bits per heavy atom. The van der Waals surface area contributed by atoms with E-state index in [1.54, 1.807) is 13.0 Å². The maximum atomic E-state index is 12.0. The van der Waals surface area contributed by atoms with E-state index >= 15 is 0 Å². The van der Waals surface area contributed by atoms with Gasteiger partial charge in [-0.25, -0.2) is 9.59 Å². The lowest BCUT2D eigenvalue weighted by atomic mass is 10.0. The minimum absolute atomic E-state index is 0.249. The largest absolute Gasteiger partial charge is 0.465 e. The van der Waals surface area contributed by atoms with Crippen molar-refractivity contribution in [3.63, 3.8) is 0 Å². The Morgan fingerprint density at radius 3 is 2.00 bits per heavy atom. The molecule has 0 atom stereocenters. The van der Waals surface area contributed by atoms with E-state index in [-0.39, 0.29) is 5.57 Å². The van der Waals surface area contributed by atoms with Gasteiger partial charge < -0.3 is 14.4 Å². The van der Waals surface area contributed by atoms with Crippen LogP contribution < -0.4 is 0 Å². The minimum Gasteiger partial charge on any atom is -0.465 e. The van der Waals surface area contributed by atoms with Gasteiger partial charge >= 0.3 is 11.9 Å². The standard InChI is InChI=1S/C14H21NO4/c1-5-11(13(16)18-3)12(14(17)19-4)10(2)15-8-6-7-9-15/h5H,6-9H2,1-4H3/b11-5-,12-10-. The summed E-state index contributed by atoms with van der Waals surface area (Å²) in [6.45, 7) is 5.32. The molecular weight excluding hydrogens is 246 g/mol. The van der Waals surface area contributed by atoms with E-state index < -0.39 is 11.9 Å². The van der Waals surface area contributed by atoms with Gasteiger partial charge in [-0.05, 0) is 26.7 Å². The van der Waals surface area contributed by atoms with Gasteiger partial charge in [-0.15, -0.1) is 0 Å². The topological polar surface area (TPSA) is 55.8 Å². The van der Waals surface area contributed by atoms with Crippen LogP contribution in [0.25, 0.3) is 0 Å². The van der Waals surface area contributed by atoms with Crippen LogP contribution in [0.2, 0.25) is 0 Å². The summed E-state index contributed by atoms with van der Waals surface area (Å²) in [5.41, 5.74) is 1.31. The Balaban J connectivity index is 3.23. The predicted molar refractivity (Wildman–Crippen MR) is 71.3 cm³/mol. The normalized spacial score (nSPS) is 17.1. The Labute approximate surface area is 113 Å². The van der Waals surface area contributed by atoms with Crippen LogP contribution in [0.15, 0.2) is 22.9 Å². The zero-order valence-electron chi connectivity index (χ0n) is 12.0. The lowest BCUT2D eigenvalue weighted by Gasteiger charge is -2.22. The molecule has 0 N–H and O–H groups in total. The molecule has 0 unspecified atom stereocenters. The fourth-order valence-electron chi connectivity index (χ4n) is 2.24. The van der Waals surface area contributed by atoms with Crippen LogP contribution in [-0.2, 0) is 19.1 Å². The van der Waals surface area contributed by atoms with Gasteiger partial charge in [-0.3, -0.25) is 0 Å². The van der Waals surface area contributed by atoms with Crippen molar-refractivity contribution in [3.05, 3.63) is 22.9 Å². The molecule has 0 saturated carbocycles. The molecule has 0 spiro atoms. The van der Waals surface area contributed by atoms with Gasteiger partial charge in [0, 0.05) is 18.8 Å². The zero-order valence-corrected chi connectivity index (χ0v) is 12.0. The molecule has 1 saturated heterocycles. The van der Waals surface area contributed by atoms with Crippen molar-refractivity contribution in [2.75, 3.05) is 27.3 Å². The number of hydrogen-bond acceptors (Lipinski definition) is 5. The van der Waals surface area contributed by atoms with Crippen LogP contribution in [0.3, 0.4) is 0 Å². The SMILES string of the molecule is C/C=C(C(=O)OC)/C(C(=O)OC)=C(\C)N1CCCC1. The first-order valence-electron chi connectivity index (χ1n) is 6.36. The number of ether oxygens (including phenoxy) is 2. The smallest absolute Gasteiger partial charge is 0.340 e. The highest BCUT2D eigenvalue weighted by Gasteiger charge is 2.27. The van der Waals surface area contributed by atoms with Crippen molar-refractivity contribution in [3.8, 4) is 0 Å². The fourth-order valence-corrected chi connectivity index (χ4v) is 2.24. The molecule has 0 aliphatic carbocycles. The third kappa shape index (κ3) is 3.36. The second kappa shape index (κ2) is 6.97. The lowest BCUT2D eigenvalue weighted by molar-refractivity contribution is -0.139. The number of allylic oxidation sites excluding steroid dienone is 2. The summed E-state index contributed by atoms with van der Waals surface area (Å²) >= 11 is 0. The molecule has 1 aliphatic rings. The van der Waals surface area contributed by atoms with Crippen molar-refractivity contribution in [1.82, 2.24) is 4.90 Å². The number of nitrogens with zero attached hydrogens (tertiary/aromatic N) is 1. The van der Waals surface area contributed by atoms with E-state index in [1.165, 1.54) is 14.2 Å². The first-order chi connectivity index (χ1) is 9.06. The van der Waals surface area contributed by atoms with Crippen molar-refractivity contribution in [1.29, 1.82) is 0 Å². The van der Waals surface area contributed by atoms with Crippen LogP contribution in [0.4, 0.5) is 0 Å². The molecule has 5 heteroatoms. The Bertz CT molecular complexity index is 417. The molecule has 0 radical (unpaired) electrons.